The van der Waals surface area contributed by atoms with Crippen LogP contribution in [0.4, 0.5) is 0 Å². The van der Waals surface area contributed by atoms with Gasteiger partial charge in [-0.2, -0.15) is 0 Å². The average Bonchev–Trinajstić information content (AvgIpc) is 2.63. The van der Waals surface area contributed by atoms with Gasteiger partial charge in [-0.25, -0.2) is 0 Å². The van der Waals surface area contributed by atoms with E-state index >= 15 is 0 Å². The van der Waals surface area contributed by atoms with E-state index < -0.39 is 0 Å². The SMILES string of the molecule is CCCCCCCCCCCCOCCCCCCCCCCCC.N. The van der Waals surface area contributed by atoms with Crippen LogP contribution < -0.4 is 6.15 Å². The standard InChI is InChI=1S/C24H50O.H3N/c1-3-5-7-9-11-13-15-17-19-21-23-25-24-22-20-18-16-14-12-10-8-6-4-2;/h3-24H2,1-2H3;1H3. The molecule has 0 spiro atoms. The first kappa shape index (κ1) is 28.1. The Morgan fingerprint density at radius 1 is 0.346 bits per heavy atom. The van der Waals surface area contributed by atoms with E-state index in [-0.39, 0.29) is 6.15 Å². The summed E-state index contributed by atoms with van der Waals surface area (Å²) in [6.45, 7) is 6.57. The molecule has 0 atom stereocenters. The molecule has 0 bridgehead atoms. The highest BCUT2D eigenvalue weighted by atomic mass is 16.5. The Hall–Kier alpha value is -0.0800. The minimum absolute atomic E-state index is 0. The number of ether oxygens (including phenoxy) is 1. The van der Waals surface area contributed by atoms with E-state index in [0.717, 1.165) is 13.2 Å². The monoisotopic (exact) mass is 371 g/mol. The third-order valence-electron chi connectivity index (χ3n) is 5.28. The van der Waals surface area contributed by atoms with Gasteiger partial charge in [0.1, 0.15) is 0 Å². The number of rotatable bonds is 22. The van der Waals surface area contributed by atoms with Crippen LogP contribution in [0, 0.1) is 0 Å². The van der Waals surface area contributed by atoms with Crippen LogP contribution in [0.25, 0.3) is 0 Å². The van der Waals surface area contributed by atoms with Crippen molar-refractivity contribution in [3.63, 3.8) is 0 Å². The molecule has 0 radical (unpaired) electrons. The van der Waals surface area contributed by atoms with Crippen molar-refractivity contribution in [2.24, 2.45) is 0 Å². The van der Waals surface area contributed by atoms with E-state index in [1.54, 1.807) is 0 Å². The first-order valence-corrected chi connectivity index (χ1v) is 12.0. The molecule has 0 heterocycles. The smallest absolute Gasteiger partial charge is 0.0466 e. The minimum atomic E-state index is 0. The third-order valence-corrected chi connectivity index (χ3v) is 5.28. The van der Waals surface area contributed by atoms with Gasteiger partial charge in [0.05, 0.1) is 0 Å². The maximum Gasteiger partial charge on any atom is 0.0466 e. The van der Waals surface area contributed by atoms with Gasteiger partial charge in [-0.05, 0) is 12.8 Å². The third kappa shape index (κ3) is 26.2. The topological polar surface area (TPSA) is 44.2 Å². The summed E-state index contributed by atoms with van der Waals surface area (Å²) >= 11 is 0. The Morgan fingerprint density at radius 3 is 0.846 bits per heavy atom. The molecule has 0 aromatic rings. The summed E-state index contributed by atoms with van der Waals surface area (Å²) in [5.74, 6) is 0. The molecule has 0 aliphatic carbocycles. The molecule has 0 amide bonds. The zero-order chi connectivity index (χ0) is 18.3. The van der Waals surface area contributed by atoms with Gasteiger partial charge in [-0.1, -0.05) is 129 Å². The second-order valence-corrected chi connectivity index (χ2v) is 7.98. The zero-order valence-electron chi connectivity index (χ0n) is 18.7. The van der Waals surface area contributed by atoms with Crippen LogP contribution in [0.2, 0.25) is 0 Å². The van der Waals surface area contributed by atoms with Gasteiger partial charge in [0.25, 0.3) is 0 Å². The normalized spacial score (nSPS) is 10.8. The molecular formula is C24H53NO. The first-order valence-electron chi connectivity index (χ1n) is 12.0. The molecule has 0 aromatic carbocycles. The number of unbranched alkanes of at least 4 members (excludes halogenated alkanes) is 18. The predicted octanol–water partition coefficient (Wildman–Crippen LogP) is 9.01. The predicted molar refractivity (Wildman–Crippen MR) is 120 cm³/mol. The Labute approximate surface area is 166 Å². The highest BCUT2D eigenvalue weighted by molar-refractivity contribution is 4.49. The fourth-order valence-corrected chi connectivity index (χ4v) is 3.49. The second kappa shape index (κ2) is 27.1. The number of hydrogen-bond acceptors (Lipinski definition) is 2. The lowest BCUT2D eigenvalue weighted by Gasteiger charge is -2.05. The van der Waals surface area contributed by atoms with Crippen molar-refractivity contribution < 1.29 is 4.74 Å². The molecule has 0 unspecified atom stereocenters. The Balaban J connectivity index is 0. The minimum Gasteiger partial charge on any atom is -0.381 e. The van der Waals surface area contributed by atoms with Crippen molar-refractivity contribution in [3.05, 3.63) is 0 Å². The fourth-order valence-electron chi connectivity index (χ4n) is 3.49. The van der Waals surface area contributed by atoms with E-state index in [0.29, 0.717) is 0 Å². The summed E-state index contributed by atoms with van der Waals surface area (Å²) in [7, 11) is 0. The number of hydrogen-bond donors (Lipinski definition) is 1. The molecular weight excluding hydrogens is 318 g/mol. The van der Waals surface area contributed by atoms with Crippen LogP contribution in [0.15, 0.2) is 0 Å². The molecule has 26 heavy (non-hydrogen) atoms. The van der Waals surface area contributed by atoms with Gasteiger partial charge < -0.3 is 10.9 Å². The lowest BCUT2D eigenvalue weighted by molar-refractivity contribution is 0.125. The maximum atomic E-state index is 5.78. The highest BCUT2D eigenvalue weighted by Gasteiger charge is 1.95. The molecule has 160 valence electrons. The largest absolute Gasteiger partial charge is 0.381 e. The van der Waals surface area contributed by atoms with Gasteiger partial charge >= 0.3 is 0 Å². The molecule has 0 aliphatic rings. The summed E-state index contributed by atoms with van der Waals surface area (Å²) in [5.41, 5.74) is 0. The lowest BCUT2D eigenvalue weighted by Crippen LogP contribution is -1.97. The van der Waals surface area contributed by atoms with Crippen molar-refractivity contribution in [1.29, 1.82) is 0 Å². The van der Waals surface area contributed by atoms with Crippen LogP contribution in [0.3, 0.4) is 0 Å². The molecule has 0 fully saturated rings. The Morgan fingerprint density at radius 2 is 0.577 bits per heavy atom. The quantitative estimate of drug-likeness (QED) is 0.193. The van der Waals surface area contributed by atoms with E-state index in [9.17, 15) is 0 Å². The van der Waals surface area contributed by atoms with Crippen molar-refractivity contribution in [3.8, 4) is 0 Å². The highest BCUT2D eigenvalue weighted by Crippen LogP contribution is 2.12. The van der Waals surface area contributed by atoms with Crippen molar-refractivity contribution in [2.75, 3.05) is 13.2 Å². The molecule has 0 aromatic heterocycles. The van der Waals surface area contributed by atoms with Crippen LogP contribution >= 0.6 is 0 Å². The van der Waals surface area contributed by atoms with Crippen molar-refractivity contribution in [2.45, 2.75) is 142 Å². The summed E-state index contributed by atoms with van der Waals surface area (Å²) in [5, 5.41) is 0. The fraction of sp³-hybridized carbons (Fsp3) is 1.00. The maximum absolute atomic E-state index is 5.78. The molecule has 3 N–H and O–H groups in total. The Kier molecular flexibility index (Phi) is 29.4. The lowest BCUT2D eigenvalue weighted by atomic mass is 10.1. The summed E-state index contributed by atoms with van der Waals surface area (Å²) in [6, 6.07) is 0. The molecule has 2 heteroatoms. The van der Waals surface area contributed by atoms with Gasteiger partial charge in [-0.15, -0.1) is 0 Å². The Bertz CT molecular complexity index is 198. The first-order chi connectivity index (χ1) is 12.4. The van der Waals surface area contributed by atoms with Crippen LogP contribution in [0.5, 0.6) is 0 Å². The van der Waals surface area contributed by atoms with Crippen molar-refractivity contribution in [1.82, 2.24) is 6.15 Å². The van der Waals surface area contributed by atoms with Crippen LogP contribution in [-0.2, 0) is 4.74 Å². The van der Waals surface area contributed by atoms with E-state index in [4.69, 9.17) is 4.74 Å². The average molecular weight is 372 g/mol. The molecule has 0 saturated carbocycles. The van der Waals surface area contributed by atoms with Crippen molar-refractivity contribution >= 4 is 0 Å². The van der Waals surface area contributed by atoms with E-state index in [1.165, 1.54) is 128 Å². The summed E-state index contributed by atoms with van der Waals surface area (Å²) in [6.07, 6.45) is 28.2. The van der Waals surface area contributed by atoms with Gasteiger partial charge in [-0.3, -0.25) is 0 Å². The zero-order valence-corrected chi connectivity index (χ0v) is 18.7. The molecule has 0 aliphatic heterocycles. The van der Waals surface area contributed by atoms with Gasteiger partial charge in [0.15, 0.2) is 0 Å². The summed E-state index contributed by atoms with van der Waals surface area (Å²) < 4.78 is 5.78. The van der Waals surface area contributed by atoms with E-state index in [2.05, 4.69) is 13.8 Å². The second-order valence-electron chi connectivity index (χ2n) is 7.98. The molecule has 0 rings (SSSR count). The summed E-state index contributed by atoms with van der Waals surface area (Å²) in [4.78, 5) is 0. The van der Waals surface area contributed by atoms with Gasteiger partial charge in [0, 0.05) is 13.2 Å². The van der Waals surface area contributed by atoms with E-state index in [1.807, 2.05) is 0 Å². The molecule has 2 nitrogen and oxygen atoms in total. The van der Waals surface area contributed by atoms with Crippen LogP contribution in [-0.4, -0.2) is 13.2 Å². The van der Waals surface area contributed by atoms with Crippen LogP contribution in [0.1, 0.15) is 142 Å². The van der Waals surface area contributed by atoms with Gasteiger partial charge in [0.2, 0.25) is 0 Å². The molecule has 0 saturated heterocycles.